The first-order valence-electron chi connectivity index (χ1n) is 6.77. The number of hydrogen-bond acceptors (Lipinski definition) is 4. The highest BCUT2D eigenvalue weighted by Gasteiger charge is 2.40. The van der Waals surface area contributed by atoms with E-state index in [1.807, 2.05) is 13.0 Å². The normalized spacial score (nSPS) is 30.1. The SMILES string of the molecule is Cc1ccc(O)c(CN2CC3CCC(N)C3C2)n1.Cl. The third-order valence-corrected chi connectivity index (χ3v) is 4.45. The van der Waals surface area contributed by atoms with Gasteiger partial charge in [-0.1, -0.05) is 0 Å². The molecule has 3 unspecified atom stereocenters. The van der Waals surface area contributed by atoms with Crippen LogP contribution in [0.2, 0.25) is 0 Å². The molecule has 4 nitrogen and oxygen atoms in total. The summed E-state index contributed by atoms with van der Waals surface area (Å²) in [6.45, 7) is 4.86. The molecule has 3 N–H and O–H groups in total. The fourth-order valence-electron chi connectivity index (χ4n) is 3.46. The van der Waals surface area contributed by atoms with E-state index < -0.39 is 0 Å². The van der Waals surface area contributed by atoms with Crippen LogP contribution in [0.3, 0.4) is 0 Å². The van der Waals surface area contributed by atoms with Crippen molar-refractivity contribution >= 4 is 12.4 Å². The fraction of sp³-hybridized carbons (Fsp3) is 0.643. The summed E-state index contributed by atoms with van der Waals surface area (Å²) in [6.07, 6.45) is 2.44. The van der Waals surface area contributed by atoms with Crippen LogP contribution < -0.4 is 5.73 Å². The number of rotatable bonds is 2. The molecule has 0 amide bonds. The number of nitrogens with two attached hydrogens (primary N) is 1. The minimum absolute atomic E-state index is 0. The lowest BCUT2D eigenvalue weighted by Crippen LogP contribution is -2.30. The molecule has 1 aliphatic heterocycles. The number of halogens is 1. The highest BCUT2D eigenvalue weighted by molar-refractivity contribution is 5.85. The van der Waals surface area contributed by atoms with Crippen molar-refractivity contribution in [1.82, 2.24) is 9.88 Å². The summed E-state index contributed by atoms with van der Waals surface area (Å²) < 4.78 is 0. The molecule has 1 aliphatic carbocycles. The van der Waals surface area contributed by atoms with Crippen molar-refractivity contribution in [3.63, 3.8) is 0 Å². The molecule has 5 heteroatoms. The molecule has 106 valence electrons. The fourth-order valence-corrected chi connectivity index (χ4v) is 3.46. The van der Waals surface area contributed by atoms with Crippen LogP contribution in [0.15, 0.2) is 12.1 Å². The van der Waals surface area contributed by atoms with Crippen LogP contribution >= 0.6 is 12.4 Å². The van der Waals surface area contributed by atoms with Gasteiger partial charge in [0.15, 0.2) is 0 Å². The molecule has 1 saturated carbocycles. The molecular formula is C14H22ClN3O. The van der Waals surface area contributed by atoms with Crippen LogP contribution in [0.4, 0.5) is 0 Å². The Morgan fingerprint density at radius 1 is 1.37 bits per heavy atom. The molecule has 1 aromatic rings. The van der Waals surface area contributed by atoms with E-state index >= 15 is 0 Å². The second-order valence-electron chi connectivity index (χ2n) is 5.78. The van der Waals surface area contributed by atoms with Gasteiger partial charge < -0.3 is 10.8 Å². The van der Waals surface area contributed by atoms with Crippen molar-refractivity contribution in [2.75, 3.05) is 13.1 Å². The van der Waals surface area contributed by atoms with E-state index in [1.54, 1.807) is 6.07 Å². The van der Waals surface area contributed by atoms with Gasteiger partial charge in [-0.2, -0.15) is 0 Å². The Hall–Kier alpha value is -0.840. The van der Waals surface area contributed by atoms with E-state index in [4.69, 9.17) is 5.73 Å². The average molecular weight is 284 g/mol. The zero-order valence-electron chi connectivity index (χ0n) is 11.2. The Morgan fingerprint density at radius 3 is 2.89 bits per heavy atom. The summed E-state index contributed by atoms with van der Waals surface area (Å²) >= 11 is 0. The number of aromatic hydroxyl groups is 1. The lowest BCUT2D eigenvalue weighted by atomic mass is 9.98. The van der Waals surface area contributed by atoms with Crippen molar-refractivity contribution in [2.24, 2.45) is 17.6 Å². The number of likely N-dealkylation sites (tertiary alicyclic amines) is 1. The Kier molecular flexibility index (Phi) is 4.33. The van der Waals surface area contributed by atoms with Crippen LogP contribution in [0.25, 0.3) is 0 Å². The van der Waals surface area contributed by atoms with Crippen molar-refractivity contribution in [3.05, 3.63) is 23.5 Å². The predicted molar refractivity (Wildman–Crippen MR) is 77.4 cm³/mol. The Bertz CT molecular complexity index is 454. The molecule has 0 spiro atoms. The molecule has 0 aromatic carbocycles. The van der Waals surface area contributed by atoms with Gasteiger partial charge in [-0.3, -0.25) is 9.88 Å². The van der Waals surface area contributed by atoms with Crippen LogP contribution in [-0.2, 0) is 6.54 Å². The lowest BCUT2D eigenvalue weighted by Gasteiger charge is -2.18. The van der Waals surface area contributed by atoms with Crippen LogP contribution in [0.5, 0.6) is 5.75 Å². The maximum absolute atomic E-state index is 9.84. The van der Waals surface area contributed by atoms with Crippen LogP contribution in [0.1, 0.15) is 24.2 Å². The summed E-state index contributed by atoms with van der Waals surface area (Å²) in [7, 11) is 0. The minimum atomic E-state index is 0. The van der Waals surface area contributed by atoms with Gasteiger partial charge in [0, 0.05) is 31.4 Å². The molecule has 0 bridgehead atoms. The first kappa shape index (κ1) is 14.6. The first-order valence-corrected chi connectivity index (χ1v) is 6.77. The molecule has 1 saturated heterocycles. The number of nitrogens with zero attached hydrogens (tertiary/aromatic N) is 2. The minimum Gasteiger partial charge on any atom is -0.506 e. The highest BCUT2D eigenvalue weighted by Crippen LogP contribution is 2.37. The van der Waals surface area contributed by atoms with Gasteiger partial charge >= 0.3 is 0 Å². The van der Waals surface area contributed by atoms with Crippen LogP contribution in [-0.4, -0.2) is 34.1 Å². The molecule has 2 aliphatic rings. The molecular weight excluding hydrogens is 262 g/mol. The zero-order valence-corrected chi connectivity index (χ0v) is 12.1. The largest absolute Gasteiger partial charge is 0.506 e. The van der Waals surface area contributed by atoms with Gasteiger partial charge in [0.05, 0.1) is 5.69 Å². The lowest BCUT2D eigenvalue weighted by molar-refractivity contribution is 0.289. The number of hydrogen-bond donors (Lipinski definition) is 2. The van der Waals surface area contributed by atoms with Gasteiger partial charge in [0.2, 0.25) is 0 Å². The molecule has 0 radical (unpaired) electrons. The van der Waals surface area contributed by atoms with E-state index in [0.29, 0.717) is 17.7 Å². The van der Waals surface area contributed by atoms with E-state index in [9.17, 15) is 5.11 Å². The summed E-state index contributed by atoms with van der Waals surface area (Å²) in [5.41, 5.74) is 7.89. The molecule has 19 heavy (non-hydrogen) atoms. The molecule has 2 fully saturated rings. The van der Waals surface area contributed by atoms with E-state index in [1.165, 1.54) is 12.8 Å². The van der Waals surface area contributed by atoms with Gasteiger partial charge in [-0.25, -0.2) is 0 Å². The van der Waals surface area contributed by atoms with E-state index in [-0.39, 0.29) is 12.4 Å². The number of fused-ring (bicyclic) bond motifs is 1. The quantitative estimate of drug-likeness (QED) is 0.867. The summed E-state index contributed by atoms with van der Waals surface area (Å²) in [6, 6.07) is 3.95. The van der Waals surface area contributed by atoms with Gasteiger partial charge in [0.25, 0.3) is 0 Å². The maximum Gasteiger partial charge on any atom is 0.138 e. The Labute approximate surface area is 120 Å². The summed E-state index contributed by atoms with van der Waals surface area (Å²) in [5, 5.41) is 9.84. The first-order chi connectivity index (χ1) is 8.63. The second-order valence-corrected chi connectivity index (χ2v) is 5.78. The number of aryl methyl sites for hydroxylation is 1. The predicted octanol–water partition coefficient (Wildman–Crippen LogP) is 1.69. The van der Waals surface area contributed by atoms with Crippen molar-refractivity contribution in [1.29, 1.82) is 0 Å². The molecule has 3 rings (SSSR count). The third kappa shape index (κ3) is 2.86. The molecule has 3 atom stereocenters. The molecule has 2 heterocycles. The van der Waals surface area contributed by atoms with Crippen molar-refractivity contribution in [2.45, 2.75) is 32.4 Å². The monoisotopic (exact) mass is 283 g/mol. The average Bonchev–Trinajstić information content (AvgIpc) is 2.87. The Balaban J connectivity index is 0.00000133. The van der Waals surface area contributed by atoms with E-state index in [2.05, 4.69) is 9.88 Å². The van der Waals surface area contributed by atoms with Gasteiger partial charge in [0.1, 0.15) is 5.75 Å². The Morgan fingerprint density at radius 2 is 2.16 bits per heavy atom. The van der Waals surface area contributed by atoms with E-state index in [0.717, 1.165) is 36.9 Å². The standard InChI is InChI=1S/C14H21N3O.ClH/c1-9-2-5-14(18)13(16-9)8-17-6-10-3-4-12(15)11(10)7-17;/h2,5,10-12,18H,3-4,6-8,15H2,1H3;1H. The third-order valence-electron chi connectivity index (χ3n) is 4.45. The van der Waals surface area contributed by atoms with Crippen molar-refractivity contribution < 1.29 is 5.11 Å². The maximum atomic E-state index is 9.84. The number of pyridine rings is 1. The smallest absolute Gasteiger partial charge is 0.138 e. The van der Waals surface area contributed by atoms with Gasteiger partial charge in [-0.15, -0.1) is 12.4 Å². The molecule has 1 aromatic heterocycles. The highest BCUT2D eigenvalue weighted by atomic mass is 35.5. The second kappa shape index (κ2) is 5.65. The zero-order chi connectivity index (χ0) is 12.7. The summed E-state index contributed by atoms with van der Waals surface area (Å²) in [4.78, 5) is 6.81. The van der Waals surface area contributed by atoms with Crippen LogP contribution in [0, 0.1) is 18.8 Å². The van der Waals surface area contributed by atoms with Gasteiger partial charge in [-0.05, 0) is 43.7 Å². The van der Waals surface area contributed by atoms with Crippen molar-refractivity contribution in [3.8, 4) is 5.75 Å². The number of aromatic nitrogens is 1. The summed E-state index contributed by atoms with van der Waals surface area (Å²) in [5.74, 6) is 1.71. The topological polar surface area (TPSA) is 62.4 Å².